The molecule has 0 aromatic carbocycles. The molecule has 0 saturated carbocycles. The molecule has 7 amide bonds. The van der Waals surface area contributed by atoms with Crippen molar-refractivity contribution >= 4 is 137 Å². The second kappa shape index (κ2) is 42.4. The number of H-pyrrole nitrogens is 6. The molecule has 12 fully saturated rings. The van der Waals surface area contributed by atoms with Crippen LogP contribution in [0.1, 0.15) is 174 Å². The van der Waals surface area contributed by atoms with Gasteiger partial charge in [0, 0.05) is 162 Å². The van der Waals surface area contributed by atoms with E-state index in [4.69, 9.17) is 32.7 Å². The van der Waals surface area contributed by atoms with Crippen molar-refractivity contribution < 1.29 is 28.8 Å². The van der Waals surface area contributed by atoms with E-state index in [1.807, 2.05) is 127 Å². The van der Waals surface area contributed by atoms with E-state index < -0.39 is 0 Å². The zero-order chi connectivity index (χ0) is 100. The molecular formula is C103H122N36O6. The largest absolute Gasteiger partial charge is 0.354 e. The minimum absolute atomic E-state index is 0.0304. The Kier molecular flexibility index (Phi) is 28.6. The number of likely N-dealkylation sites (tertiary alicyclic amines) is 6. The number of carbonyl (C=O) groups is 6. The molecule has 0 aliphatic carbocycles. The number of hydrogen-bond donors (Lipinski definition) is 7. The van der Waals surface area contributed by atoms with Crippen molar-refractivity contribution in [2.75, 3.05) is 154 Å². The van der Waals surface area contributed by atoms with E-state index in [-0.39, 0.29) is 101 Å². The van der Waals surface area contributed by atoms with Crippen LogP contribution in [0.25, 0.3) is 66.2 Å². The van der Waals surface area contributed by atoms with Crippen LogP contribution >= 0.6 is 0 Å². The van der Waals surface area contributed by atoms with Crippen molar-refractivity contribution in [3.8, 4) is 42.7 Å². The monoisotopic (exact) mass is 1960 g/mol. The van der Waals surface area contributed by atoms with Gasteiger partial charge in [-0.05, 0) is 170 Å². The number of fused-ring (bicyclic) bond motifs is 6. The van der Waals surface area contributed by atoms with E-state index in [1.54, 1.807) is 38.0 Å². The molecule has 145 heavy (non-hydrogen) atoms. The van der Waals surface area contributed by atoms with Crippen LogP contribution in [0.15, 0.2) is 112 Å². The molecule has 12 aromatic heterocycles. The van der Waals surface area contributed by atoms with Crippen LogP contribution in [0.3, 0.4) is 0 Å². The summed E-state index contributed by atoms with van der Waals surface area (Å²) >= 11 is 0. The fourth-order valence-corrected chi connectivity index (χ4v) is 25.7. The van der Waals surface area contributed by atoms with Gasteiger partial charge < -0.3 is 94.0 Å². The summed E-state index contributed by atoms with van der Waals surface area (Å²) in [6.45, 7) is 19.6. The summed E-state index contributed by atoms with van der Waals surface area (Å²) in [7, 11) is 0. The molecule has 42 nitrogen and oxygen atoms in total. The summed E-state index contributed by atoms with van der Waals surface area (Å²) in [5, 5.41) is 53.2. The van der Waals surface area contributed by atoms with Crippen molar-refractivity contribution in [3.63, 3.8) is 0 Å². The van der Waals surface area contributed by atoms with E-state index >= 15 is 0 Å². The second-order valence-electron chi connectivity index (χ2n) is 40.4. The average molecular weight is 1960 g/mol. The maximum absolute atomic E-state index is 12.7. The smallest absolute Gasteiger partial charge is 0.317 e. The van der Waals surface area contributed by atoms with Gasteiger partial charge in [0.1, 0.15) is 132 Å². The number of aromatic nitrogens is 18. The fraction of sp³-hybridized carbons (Fsp3) is 0.524. The Morgan fingerprint density at radius 1 is 0.317 bits per heavy atom. The van der Waals surface area contributed by atoms with Gasteiger partial charge in [-0.1, -0.05) is 19.8 Å². The summed E-state index contributed by atoms with van der Waals surface area (Å²) in [5.74, 6) is 8.84. The van der Waals surface area contributed by atoms with Crippen molar-refractivity contribution in [3.05, 3.63) is 112 Å². The third-order valence-electron chi connectivity index (χ3n) is 32.7. The molecule has 0 bridgehead atoms. The van der Waals surface area contributed by atoms with Gasteiger partial charge in [0.2, 0.25) is 29.5 Å². The van der Waals surface area contributed by atoms with E-state index in [0.29, 0.717) is 24.8 Å². The quantitative estimate of drug-likeness (QED) is 0.0416. The van der Waals surface area contributed by atoms with E-state index in [2.05, 4.69) is 150 Å². The average Bonchev–Trinajstić information content (AvgIpc) is 1.47. The lowest BCUT2D eigenvalue weighted by Crippen LogP contribution is -2.68. The summed E-state index contributed by atoms with van der Waals surface area (Å²) in [6, 6.07) is 22.0. The summed E-state index contributed by atoms with van der Waals surface area (Å²) < 4.78 is 0. The Balaban J connectivity index is 0.000000110. The molecule has 24 heterocycles. The molecule has 0 radical (unpaired) electrons. The number of nitriles is 5. The molecule has 7 N–H and O–H groups in total. The van der Waals surface area contributed by atoms with Gasteiger partial charge in [0.25, 0.3) is 0 Å². The molecular weight excluding hydrogens is 1840 g/mol. The highest BCUT2D eigenvalue weighted by molar-refractivity contribution is 5.93. The molecule has 8 atom stereocenters. The Morgan fingerprint density at radius 2 is 0.586 bits per heavy atom. The zero-order valence-electron chi connectivity index (χ0n) is 82.2. The number of nitrogens with zero attached hydrogens (tertiary/aromatic N) is 29. The fourth-order valence-electron chi connectivity index (χ4n) is 25.7. The predicted molar refractivity (Wildman–Crippen MR) is 542 cm³/mol. The number of terminal acetylenes is 1. The molecule has 12 aromatic rings. The van der Waals surface area contributed by atoms with E-state index in [1.165, 1.54) is 0 Å². The number of rotatable bonds is 13. The molecule has 750 valence electrons. The van der Waals surface area contributed by atoms with Crippen LogP contribution in [0.4, 0.5) is 39.7 Å². The highest BCUT2D eigenvalue weighted by Crippen LogP contribution is 2.49. The first kappa shape index (κ1) is 98.0. The molecule has 42 heteroatoms. The molecule has 8 unspecified atom stereocenters. The van der Waals surface area contributed by atoms with Crippen molar-refractivity contribution in [1.82, 2.24) is 124 Å². The lowest BCUT2D eigenvalue weighted by Gasteiger charge is -2.57. The van der Waals surface area contributed by atoms with Gasteiger partial charge >= 0.3 is 6.03 Å². The summed E-state index contributed by atoms with van der Waals surface area (Å²) in [4.78, 5) is 171. The van der Waals surface area contributed by atoms with Gasteiger partial charge in [-0.15, -0.1) is 6.42 Å². The van der Waals surface area contributed by atoms with Crippen LogP contribution < -0.4 is 34.7 Å². The van der Waals surface area contributed by atoms with E-state index in [0.717, 1.165) is 341 Å². The number of nitrogens with one attached hydrogen (secondary N) is 7. The first-order chi connectivity index (χ1) is 70.7. The summed E-state index contributed by atoms with van der Waals surface area (Å²) in [6.07, 6.45) is 45.6. The standard InChI is InChI=1S/C18H23N7O.C18H22N6O.2C17H20N6O.C17H19N5O.C16H18N6O/c19-7-3-8-21-17(26)25-11-2-6-18(25)5-1-10-24(12-18)16-14-4-9-20-15(14)22-13-23-16;1-13-5-10-24(15(25)3-7-19)18(13)6-2-9-23(11-18)17-14-4-8-20-16(14)21-12-22-17;1-12-4-8-23(14(24)2-6-18)17(12)5-9-22(10-17)16-13-3-7-19-15(13)20-11-21-16;18-7-3-14(24)23-10-2-6-17(23)5-1-9-22(11-17)16-13-4-8-19-15(13)20-12-21-16;1-2-4-14(23)22-9-3-6-17(22)7-10-21(11-17)16-13-5-8-18-15(13)19-12-20-16;17-6-2-13(23)22-9-5-16(22)4-1-8-21(10-16)15-12-3-7-18-14(12)19-11-20-15/h4,9,13H,1-3,5-6,8,10-12H2,(H,21,26)(H,20,22,23);4,8,12-13H,2-3,5-6,9-11H2,1H3,(H,20,21,22);3,7,11-12H,2,4-5,8-10H2,1H3,(H,19,20,21);4,8,12H,1-3,5-6,9-11H2,(H,19,20,21);1,5,8,12H,3-4,6-7,9-11H2,(H,18,19,20);3,7,11H,1-2,4-5,8-10H2,(H,18,19,20). The number of carbonyl (C=O) groups excluding carboxylic acids is 6. The molecule has 24 rings (SSSR count). The van der Waals surface area contributed by atoms with E-state index in [9.17, 15) is 28.8 Å². The second-order valence-corrected chi connectivity index (χ2v) is 40.4. The van der Waals surface area contributed by atoms with Crippen molar-refractivity contribution in [2.24, 2.45) is 11.8 Å². The molecule has 12 saturated heterocycles. The Morgan fingerprint density at radius 3 is 0.917 bits per heavy atom. The first-order valence-corrected chi connectivity index (χ1v) is 50.8. The number of hydrogen-bond acceptors (Lipinski definition) is 29. The van der Waals surface area contributed by atoms with Crippen LogP contribution in [0.5, 0.6) is 0 Å². The highest BCUT2D eigenvalue weighted by atomic mass is 16.2. The maximum atomic E-state index is 12.7. The minimum Gasteiger partial charge on any atom is -0.354 e. The Labute approximate surface area is 839 Å². The Hall–Kier alpha value is -15.9. The molecule has 12 aliphatic rings. The first-order valence-electron chi connectivity index (χ1n) is 50.8. The number of aromatic amines is 6. The van der Waals surface area contributed by atoms with Crippen LogP contribution in [-0.4, -0.2) is 312 Å². The van der Waals surface area contributed by atoms with Gasteiger partial charge in [-0.2, -0.15) is 26.3 Å². The molecule has 12 aliphatic heterocycles. The number of piperidine rings is 4. The number of anilines is 6. The lowest BCUT2D eigenvalue weighted by atomic mass is 9.77. The third-order valence-corrected chi connectivity index (χ3v) is 32.7. The summed E-state index contributed by atoms with van der Waals surface area (Å²) in [5.41, 5.74) is 4.14. The van der Waals surface area contributed by atoms with Gasteiger partial charge in [0.05, 0.1) is 109 Å². The number of amides is 7. The lowest BCUT2D eigenvalue weighted by molar-refractivity contribution is -0.147. The Bertz CT molecular complexity index is 7020. The maximum Gasteiger partial charge on any atom is 0.317 e. The zero-order valence-corrected chi connectivity index (χ0v) is 82.2. The van der Waals surface area contributed by atoms with Crippen LogP contribution in [0, 0.1) is 80.8 Å². The topological polar surface area (TPSA) is 522 Å². The SMILES string of the molecule is C#CCC(=O)N1CCCC12CCN(c1ncnc3[nH]ccc13)C2.CC1CCN(C(=O)CC#N)C12CCCN(c1ncnc3[nH]ccc13)C2.CC1CCN(C(=O)CC#N)C12CCN(c1ncnc3[nH]ccc13)C2.N#CCC(=O)N1CCC12CCCN(c1ncnc3[nH]ccc13)C2.N#CCC(=O)N1CCCC12CCCN(c1ncnc3[nH]ccc13)C2.N#CCCNC(=O)N1CCCC12CCCN(c1ncnc3[nH]ccc13)C2. The highest BCUT2D eigenvalue weighted by Gasteiger charge is 2.56. The third kappa shape index (κ3) is 19.1. The van der Waals surface area contributed by atoms with Gasteiger partial charge in [-0.25, -0.2) is 64.6 Å². The number of urea groups is 1. The van der Waals surface area contributed by atoms with Gasteiger partial charge in [-0.3, -0.25) is 24.0 Å². The van der Waals surface area contributed by atoms with Crippen molar-refractivity contribution in [2.45, 2.75) is 208 Å². The van der Waals surface area contributed by atoms with Crippen molar-refractivity contribution in [1.29, 1.82) is 26.3 Å². The molecule has 6 spiro atoms. The minimum atomic E-state index is -0.195. The van der Waals surface area contributed by atoms with Gasteiger partial charge in [0.15, 0.2) is 0 Å². The van der Waals surface area contributed by atoms with Crippen LogP contribution in [-0.2, 0) is 24.0 Å². The van der Waals surface area contributed by atoms with Crippen LogP contribution in [0.2, 0.25) is 0 Å². The normalized spacial score (nSPS) is 24.5. The predicted octanol–water partition coefficient (Wildman–Crippen LogP) is 10.6.